The van der Waals surface area contributed by atoms with Gasteiger partial charge in [0.2, 0.25) is 0 Å². The molecule has 0 aliphatic carbocycles. The zero-order chi connectivity index (χ0) is 13.9. The maximum atomic E-state index is 5.92. The molecular formula is C14H21N5O. The van der Waals surface area contributed by atoms with E-state index in [1.807, 2.05) is 4.68 Å². The minimum atomic E-state index is -0.0713. The van der Waals surface area contributed by atoms with Crippen molar-refractivity contribution in [1.82, 2.24) is 25.1 Å². The highest BCUT2D eigenvalue weighted by molar-refractivity contribution is 5.17. The second-order valence-electron chi connectivity index (χ2n) is 7.15. The second-order valence-corrected chi connectivity index (χ2v) is 7.15. The molecule has 1 aromatic heterocycles. The summed E-state index contributed by atoms with van der Waals surface area (Å²) in [5.41, 5.74) is -0.0713. The van der Waals surface area contributed by atoms with Crippen molar-refractivity contribution in [3.05, 3.63) is 18.0 Å². The maximum absolute atomic E-state index is 5.92. The monoisotopic (exact) mass is 275 g/mol. The fourth-order valence-corrected chi connectivity index (χ4v) is 3.77. The fraction of sp³-hybridized carbons (Fsp3) is 0.786. The molecular weight excluding hydrogens is 254 g/mol. The van der Waals surface area contributed by atoms with E-state index in [4.69, 9.17) is 4.74 Å². The first kappa shape index (κ1) is 12.5. The van der Waals surface area contributed by atoms with E-state index in [-0.39, 0.29) is 5.54 Å². The average Bonchev–Trinajstić information content (AvgIpc) is 3.08. The van der Waals surface area contributed by atoms with Crippen molar-refractivity contribution in [1.29, 1.82) is 0 Å². The lowest BCUT2D eigenvalue weighted by molar-refractivity contribution is 0.0830. The van der Waals surface area contributed by atoms with Gasteiger partial charge in [0, 0.05) is 24.9 Å². The minimum absolute atomic E-state index is 0.0713. The van der Waals surface area contributed by atoms with Crippen LogP contribution in [0.15, 0.2) is 12.2 Å². The zero-order valence-electron chi connectivity index (χ0n) is 12.2. The highest BCUT2D eigenvalue weighted by Gasteiger charge is 2.50. The van der Waals surface area contributed by atoms with E-state index in [1.54, 1.807) is 0 Å². The summed E-state index contributed by atoms with van der Waals surface area (Å²) in [4.78, 5) is 2.47. The van der Waals surface area contributed by atoms with E-state index in [0.29, 0.717) is 24.0 Å². The third-order valence-corrected chi connectivity index (χ3v) is 4.67. The first-order valence-electron chi connectivity index (χ1n) is 7.36. The average molecular weight is 275 g/mol. The summed E-state index contributed by atoms with van der Waals surface area (Å²) in [7, 11) is 0. The summed E-state index contributed by atoms with van der Waals surface area (Å²) in [6.45, 7) is 9.40. The third kappa shape index (κ3) is 1.82. The number of rotatable bonds is 2. The summed E-state index contributed by atoms with van der Waals surface area (Å²) in [6.07, 6.45) is 5.14. The van der Waals surface area contributed by atoms with Crippen molar-refractivity contribution in [2.75, 3.05) is 13.1 Å². The molecule has 6 nitrogen and oxygen atoms in total. The van der Waals surface area contributed by atoms with Crippen LogP contribution in [0.25, 0.3) is 0 Å². The predicted molar refractivity (Wildman–Crippen MR) is 72.9 cm³/mol. The van der Waals surface area contributed by atoms with Gasteiger partial charge in [-0.3, -0.25) is 4.90 Å². The van der Waals surface area contributed by atoms with Crippen LogP contribution in [-0.2, 0) is 16.8 Å². The second kappa shape index (κ2) is 4.11. The largest absolute Gasteiger partial charge is 0.366 e. The lowest BCUT2D eigenvalue weighted by Gasteiger charge is -2.23. The fourth-order valence-electron chi connectivity index (χ4n) is 3.77. The van der Waals surface area contributed by atoms with Gasteiger partial charge in [-0.15, -0.1) is 5.10 Å². The molecule has 4 atom stereocenters. The van der Waals surface area contributed by atoms with Crippen LogP contribution in [0.3, 0.4) is 0 Å². The van der Waals surface area contributed by atoms with E-state index in [0.717, 1.165) is 25.5 Å². The Kier molecular flexibility index (Phi) is 2.57. The Morgan fingerprint density at radius 3 is 2.45 bits per heavy atom. The number of tetrazole rings is 1. The number of fused-ring (bicyclic) bond motifs is 5. The number of hydrogen-bond acceptors (Lipinski definition) is 5. The maximum Gasteiger partial charge on any atom is 0.165 e. The molecule has 2 fully saturated rings. The van der Waals surface area contributed by atoms with E-state index in [2.05, 4.69) is 53.3 Å². The smallest absolute Gasteiger partial charge is 0.165 e. The molecule has 2 bridgehead atoms. The molecule has 6 heteroatoms. The van der Waals surface area contributed by atoms with Crippen LogP contribution in [-0.4, -0.2) is 50.4 Å². The van der Waals surface area contributed by atoms with Crippen molar-refractivity contribution in [3.63, 3.8) is 0 Å². The van der Waals surface area contributed by atoms with Crippen molar-refractivity contribution in [2.45, 2.75) is 45.1 Å². The Balaban J connectivity index is 1.48. The van der Waals surface area contributed by atoms with E-state index < -0.39 is 0 Å². The van der Waals surface area contributed by atoms with Crippen LogP contribution in [0, 0.1) is 11.8 Å². The highest BCUT2D eigenvalue weighted by Crippen LogP contribution is 2.43. The van der Waals surface area contributed by atoms with Gasteiger partial charge in [-0.2, -0.15) is 0 Å². The summed E-state index contributed by atoms with van der Waals surface area (Å²) in [5.74, 6) is 2.27. The van der Waals surface area contributed by atoms with Gasteiger partial charge in [0.05, 0.1) is 24.3 Å². The summed E-state index contributed by atoms with van der Waals surface area (Å²) < 4.78 is 7.85. The van der Waals surface area contributed by atoms with Crippen LogP contribution in [0.5, 0.6) is 0 Å². The third-order valence-electron chi connectivity index (χ3n) is 4.67. The number of ether oxygens (including phenoxy) is 1. The molecule has 108 valence electrons. The standard InChI is InChI=1S/C14H21N5O/c1-14(2,3)19-13(15-16-17-19)8-18-6-9-10(7-18)12-5-4-11(9)20-12/h4-5,9-12H,6-8H2,1-3H3. The molecule has 4 rings (SSSR count). The molecule has 0 aromatic carbocycles. The first-order valence-corrected chi connectivity index (χ1v) is 7.36. The van der Waals surface area contributed by atoms with Crippen molar-refractivity contribution in [3.8, 4) is 0 Å². The number of nitrogens with zero attached hydrogens (tertiary/aromatic N) is 5. The summed E-state index contributed by atoms with van der Waals surface area (Å²) >= 11 is 0. The lowest BCUT2D eigenvalue weighted by Crippen LogP contribution is -2.31. The number of likely N-dealkylation sites (tertiary alicyclic amines) is 1. The molecule has 20 heavy (non-hydrogen) atoms. The predicted octanol–water partition coefficient (Wildman–Crippen LogP) is 0.813. The highest BCUT2D eigenvalue weighted by atomic mass is 16.5. The first-order chi connectivity index (χ1) is 9.52. The van der Waals surface area contributed by atoms with Gasteiger partial charge < -0.3 is 4.74 Å². The van der Waals surface area contributed by atoms with Gasteiger partial charge in [0.25, 0.3) is 0 Å². The Morgan fingerprint density at radius 2 is 1.85 bits per heavy atom. The van der Waals surface area contributed by atoms with Gasteiger partial charge in [-0.25, -0.2) is 4.68 Å². The van der Waals surface area contributed by atoms with Crippen LogP contribution in [0.4, 0.5) is 0 Å². The van der Waals surface area contributed by atoms with Gasteiger partial charge >= 0.3 is 0 Å². The van der Waals surface area contributed by atoms with Crippen LogP contribution in [0.2, 0.25) is 0 Å². The SMILES string of the molecule is CC(C)(C)n1nnnc1CN1CC2C3C=CC(O3)C2C1. The molecule has 3 aliphatic heterocycles. The summed E-state index contributed by atoms with van der Waals surface area (Å²) in [6, 6.07) is 0. The lowest BCUT2D eigenvalue weighted by atomic mass is 9.86. The van der Waals surface area contributed by atoms with Gasteiger partial charge in [-0.1, -0.05) is 12.2 Å². The minimum Gasteiger partial charge on any atom is -0.366 e. The van der Waals surface area contributed by atoms with Crippen molar-refractivity contribution >= 4 is 0 Å². The number of aromatic nitrogens is 4. The molecule has 0 radical (unpaired) electrons. The van der Waals surface area contributed by atoms with Gasteiger partial charge in [-0.05, 0) is 31.2 Å². The Bertz CT molecular complexity index is 526. The normalized spacial score (nSPS) is 36.0. The molecule has 0 saturated carbocycles. The van der Waals surface area contributed by atoms with Gasteiger partial charge in [0.15, 0.2) is 5.82 Å². The van der Waals surface area contributed by atoms with Crippen molar-refractivity contribution < 1.29 is 4.74 Å². The van der Waals surface area contributed by atoms with Crippen LogP contribution >= 0.6 is 0 Å². The Morgan fingerprint density at radius 1 is 1.20 bits per heavy atom. The molecule has 1 aromatic rings. The molecule has 0 spiro atoms. The van der Waals surface area contributed by atoms with Crippen molar-refractivity contribution in [2.24, 2.45) is 11.8 Å². The molecule has 2 saturated heterocycles. The molecule has 0 amide bonds. The van der Waals surface area contributed by atoms with Crippen LogP contribution < -0.4 is 0 Å². The Hall–Kier alpha value is -1.27. The molecule has 4 unspecified atom stereocenters. The van der Waals surface area contributed by atoms with Gasteiger partial charge in [0.1, 0.15) is 0 Å². The summed E-state index contributed by atoms with van der Waals surface area (Å²) in [5, 5.41) is 12.2. The molecule has 0 N–H and O–H groups in total. The molecule has 4 heterocycles. The number of hydrogen-bond donors (Lipinski definition) is 0. The quantitative estimate of drug-likeness (QED) is 0.748. The molecule has 3 aliphatic rings. The Labute approximate surface area is 118 Å². The zero-order valence-corrected chi connectivity index (χ0v) is 12.2. The van der Waals surface area contributed by atoms with Crippen LogP contribution in [0.1, 0.15) is 26.6 Å². The van der Waals surface area contributed by atoms with E-state index >= 15 is 0 Å². The topological polar surface area (TPSA) is 56.1 Å². The van der Waals surface area contributed by atoms with E-state index in [9.17, 15) is 0 Å². The van der Waals surface area contributed by atoms with E-state index in [1.165, 1.54) is 0 Å².